The topological polar surface area (TPSA) is 103 Å². The number of benzene rings is 5. The highest BCUT2D eigenvalue weighted by Crippen LogP contribution is 2.38. The summed E-state index contributed by atoms with van der Waals surface area (Å²) in [5.74, 6) is -1.16. The van der Waals surface area contributed by atoms with Gasteiger partial charge in [-0.3, -0.25) is 14.4 Å². The van der Waals surface area contributed by atoms with E-state index in [1.54, 1.807) is 54.6 Å². The summed E-state index contributed by atoms with van der Waals surface area (Å²) in [6.45, 7) is 0. The first kappa shape index (κ1) is 36.1. The second kappa shape index (κ2) is 17.0. The summed E-state index contributed by atoms with van der Waals surface area (Å²) in [6, 6.07) is 40.5. The van der Waals surface area contributed by atoms with Gasteiger partial charge >= 0.3 is 0 Å². The Morgan fingerprint density at radius 2 is 1.50 bits per heavy atom. The van der Waals surface area contributed by atoms with E-state index in [1.165, 1.54) is 23.1 Å². The van der Waals surface area contributed by atoms with Crippen LogP contribution in [-0.4, -0.2) is 36.8 Å². The molecule has 5 aromatic carbocycles. The van der Waals surface area contributed by atoms with Crippen molar-refractivity contribution in [1.82, 2.24) is 10.3 Å². The van der Waals surface area contributed by atoms with Crippen LogP contribution in [0.4, 0.5) is 16.5 Å². The number of carbonyl (C=O) groups excluding carboxylic acids is 3. The van der Waals surface area contributed by atoms with E-state index in [4.69, 9.17) is 11.6 Å². The second-order valence-electron chi connectivity index (χ2n) is 11.8. The van der Waals surface area contributed by atoms with Crippen LogP contribution in [0.5, 0.6) is 0 Å². The quantitative estimate of drug-likeness (QED) is 0.0853. The van der Waals surface area contributed by atoms with E-state index in [0.717, 1.165) is 27.3 Å². The first-order chi connectivity index (χ1) is 25.2. The van der Waals surface area contributed by atoms with Gasteiger partial charge in [-0.2, -0.15) is 0 Å². The standard InChI is InChI=1S/C41H34ClN5O3S2/c1-47(2)31-22-20-27(21-23-31)24-35(44-38(48)29-14-7-4-8-15-29)39(49)43-30-16-11-17-32(25-30)52-37(28-12-5-3-6-13-28)40(50)46-41-45-36(26-51-41)33-18-9-10-19-34(33)42/h3-26,37H,1-2H3,(H,43,49)(H,44,48)(H,45,46,50)/b35-24+. The Morgan fingerprint density at radius 3 is 2.21 bits per heavy atom. The zero-order valence-electron chi connectivity index (χ0n) is 28.2. The molecule has 0 aliphatic rings. The zero-order chi connectivity index (χ0) is 36.5. The molecule has 8 nitrogen and oxygen atoms in total. The van der Waals surface area contributed by atoms with Crippen LogP contribution in [0, 0.1) is 0 Å². The van der Waals surface area contributed by atoms with Crippen LogP contribution in [0.2, 0.25) is 5.02 Å². The number of thiazole rings is 1. The fourth-order valence-electron chi connectivity index (χ4n) is 5.15. The van der Waals surface area contributed by atoms with Crippen LogP contribution in [0.25, 0.3) is 17.3 Å². The molecule has 0 aliphatic carbocycles. The molecular weight excluding hydrogens is 710 g/mol. The lowest BCUT2D eigenvalue weighted by atomic mass is 10.1. The van der Waals surface area contributed by atoms with Crippen molar-refractivity contribution in [2.24, 2.45) is 0 Å². The maximum Gasteiger partial charge on any atom is 0.272 e. The van der Waals surface area contributed by atoms with E-state index in [1.807, 2.05) is 109 Å². The predicted molar refractivity (Wildman–Crippen MR) is 214 cm³/mol. The fourth-order valence-corrected chi connectivity index (χ4v) is 7.18. The van der Waals surface area contributed by atoms with Gasteiger partial charge in [0, 0.05) is 51.9 Å². The van der Waals surface area contributed by atoms with E-state index < -0.39 is 17.1 Å². The number of hydrogen-bond donors (Lipinski definition) is 3. The Balaban J connectivity index is 1.22. The van der Waals surface area contributed by atoms with E-state index in [-0.39, 0.29) is 11.6 Å². The number of anilines is 3. The third kappa shape index (κ3) is 9.35. The van der Waals surface area contributed by atoms with Gasteiger partial charge in [-0.05, 0) is 65.7 Å². The third-order valence-electron chi connectivity index (χ3n) is 7.82. The molecule has 3 N–H and O–H groups in total. The summed E-state index contributed by atoms with van der Waals surface area (Å²) in [5.41, 5.74) is 5.00. The summed E-state index contributed by atoms with van der Waals surface area (Å²) in [4.78, 5) is 48.1. The third-order valence-corrected chi connectivity index (χ3v) is 10.2. The van der Waals surface area contributed by atoms with Crippen LogP contribution in [0.15, 0.2) is 149 Å². The first-order valence-electron chi connectivity index (χ1n) is 16.2. The normalized spacial score (nSPS) is 11.7. The number of aromatic nitrogens is 1. The molecule has 52 heavy (non-hydrogen) atoms. The maximum atomic E-state index is 13.8. The van der Waals surface area contributed by atoms with Gasteiger partial charge in [0.25, 0.3) is 11.8 Å². The highest BCUT2D eigenvalue weighted by Gasteiger charge is 2.24. The molecule has 0 fully saturated rings. The number of halogens is 1. The minimum Gasteiger partial charge on any atom is -0.378 e. The molecule has 0 bridgehead atoms. The van der Waals surface area contributed by atoms with Crippen molar-refractivity contribution >= 4 is 75.0 Å². The van der Waals surface area contributed by atoms with Crippen LogP contribution in [0.3, 0.4) is 0 Å². The SMILES string of the molecule is CN(C)c1ccc(/C=C(/NC(=O)c2ccccc2)C(=O)Nc2cccc(SC(C(=O)Nc3nc(-c4ccccc4Cl)cs3)c3ccccc3)c2)cc1. The van der Waals surface area contributed by atoms with Crippen molar-refractivity contribution in [3.05, 3.63) is 166 Å². The number of carbonyl (C=O) groups is 3. The van der Waals surface area contributed by atoms with Crippen molar-refractivity contribution in [2.45, 2.75) is 10.1 Å². The lowest BCUT2D eigenvalue weighted by Gasteiger charge is -2.17. The highest BCUT2D eigenvalue weighted by molar-refractivity contribution is 8.00. The van der Waals surface area contributed by atoms with Gasteiger partial charge in [0.2, 0.25) is 5.91 Å². The molecule has 0 radical (unpaired) electrons. The first-order valence-corrected chi connectivity index (χ1v) is 18.4. The van der Waals surface area contributed by atoms with Crippen molar-refractivity contribution < 1.29 is 14.4 Å². The summed E-state index contributed by atoms with van der Waals surface area (Å²) >= 11 is 9.04. The molecule has 0 saturated carbocycles. The Kier molecular flexibility index (Phi) is 11.8. The Labute approximate surface area is 315 Å². The van der Waals surface area contributed by atoms with Crippen LogP contribution < -0.4 is 20.9 Å². The zero-order valence-corrected chi connectivity index (χ0v) is 30.6. The molecule has 0 saturated heterocycles. The summed E-state index contributed by atoms with van der Waals surface area (Å²) < 4.78 is 0. The lowest BCUT2D eigenvalue weighted by Crippen LogP contribution is -2.30. The van der Waals surface area contributed by atoms with Gasteiger partial charge in [-0.15, -0.1) is 23.1 Å². The summed E-state index contributed by atoms with van der Waals surface area (Å²) in [7, 11) is 3.90. The molecule has 6 rings (SSSR count). The number of hydrogen-bond acceptors (Lipinski definition) is 7. The minimum atomic E-state index is -0.634. The number of rotatable bonds is 12. The predicted octanol–water partition coefficient (Wildman–Crippen LogP) is 9.41. The highest BCUT2D eigenvalue weighted by atomic mass is 35.5. The van der Waals surface area contributed by atoms with E-state index in [2.05, 4.69) is 20.9 Å². The number of amides is 3. The Morgan fingerprint density at radius 1 is 0.808 bits per heavy atom. The average molecular weight is 744 g/mol. The molecule has 11 heteroatoms. The average Bonchev–Trinajstić information content (AvgIpc) is 3.62. The molecular formula is C41H34ClN5O3S2. The van der Waals surface area contributed by atoms with Gasteiger partial charge in [-0.1, -0.05) is 96.5 Å². The smallest absolute Gasteiger partial charge is 0.272 e. The van der Waals surface area contributed by atoms with Crippen LogP contribution in [-0.2, 0) is 9.59 Å². The van der Waals surface area contributed by atoms with E-state index in [9.17, 15) is 14.4 Å². The monoisotopic (exact) mass is 743 g/mol. The number of thioether (sulfide) groups is 1. The van der Waals surface area contributed by atoms with E-state index in [0.29, 0.717) is 27.1 Å². The van der Waals surface area contributed by atoms with Gasteiger partial charge in [-0.25, -0.2) is 4.98 Å². The van der Waals surface area contributed by atoms with Gasteiger partial charge in [0.1, 0.15) is 10.9 Å². The van der Waals surface area contributed by atoms with Gasteiger partial charge in [0.15, 0.2) is 5.13 Å². The molecule has 1 atom stereocenters. The van der Waals surface area contributed by atoms with Crippen molar-refractivity contribution in [3.8, 4) is 11.3 Å². The molecule has 260 valence electrons. The Bertz CT molecular complexity index is 2210. The van der Waals surface area contributed by atoms with E-state index >= 15 is 0 Å². The Hall–Kier alpha value is -5.68. The summed E-state index contributed by atoms with van der Waals surface area (Å²) in [6.07, 6.45) is 1.64. The largest absolute Gasteiger partial charge is 0.378 e. The molecule has 0 spiro atoms. The van der Waals surface area contributed by atoms with Crippen LogP contribution >= 0.6 is 34.7 Å². The van der Waals surface area contributed by atoms with Crippen molar-refractivity contribution in [2.75, 3.05) is 29.6 Å². The number of nitrogens with one attached hydrogen (secondary N) is 3. The maximum absolute atomic E-state index is 13.8. The molecule has 1 unspecified atom stereocenters. The molecule has 1 aromatic heterocycles. The summed E-state index contributed by atoms with van der Waals surface area (Å²) in [5, 5.41) is 11.0. The van der Waals surface area contributed by atoms with Gasteiger partial charge in [0.05, 0.1) is 5.69 Å². The molecule has 0 aliphatic heterocycles. The van der Waals surface area contributed by atoms with Gasteiger partial charge < -0.3 is 20.9 Å². The molecule has 1 heterocycles. The second-order valence-corrected chi connectivity index (χ2v) is 14.2. The van der Waals surface area contributed by atoms with Crippen molar-refractivity contribution in [1.29, 1.82) is 0 Å². The molecule has 3 amide bonds. The van der Waals surface area contributed by atoms with Crippen LogP contribution in [0.1, 0.15) is 26.7 Å². The molecule has 6 aromatic rings. The minimum absolute atomic E-state index is 0.0747. The van der Waals surface area contributed by atoms with Crippen molar-refractivity contribution in [3.63, 3.8) is 0 Å². The lowest BCUT2D eigenvalue weighted by molar-refractivity contribution is -0.116. The fraction of sp³-hybridized carbons (Fsp3) is 0.0732. The number of nitrogens with zero attached hydrogens (tertiary/aromatic N) is 2.